The third-order valence-electron chi connectivity index (χ3n) is 3.56. The van der Waals surface area contributed by atoms with Gasteiger partial charge in [-0.05, 0) is 36.8 Å². The van der Waals surface area contributed by atoms with Crippen LogP contribution in [0.1, 0.15) is 11.1 Å². The van der Waals surface area contributed by atoms with Crippen LogP contribution >= 0.6 is 11.6 Å². The largest absolute Gasteiger partial charge is 0.335 e. The van der Waals surface area contributed by atoms with Crippen LogP contribution in [0.25, 0.3) is 6.08 Å². The zero-order chi connectivity index (χ0) is 17.3. The molecule has 0 aromatic heterocycles. The summed E-state index contributed by atoms with van der Waals surface area (Å²) in [6.07, 6.45) is 1.46. The lowest BCUT2D eigenvalue weighted by Gasteiger charge is -2.26. The molecule has 6 heteroatoms. The van der Waals surface area contributed by atoms with Crippen LogP contribution in [0.3, 0.4) is 0 Å². The molecule has 0 unspecified atom stereocenters. The predicted molar refractivity (Wildman–Crippen MR) is 91.6 cm³/mol. The molecule has 0 atom stereocenters. The van der Waals surface area contributed by atoms with E-state index in [-0.39, 0.29) is 5.57 Å². The smallest absolute Gasteiger partial charge is 0.273 e. The summed E-state index contributed by atoms with van der Waals surface area (Å²) >= 11 is 5.92. The minimum Gasteiger partial charge on any atom is -0.273 e. The van der Waals surface area contributed by atoms with Gasteiger partial charge < -0.3 is 0 Å². The molecular weight excluding hydrogens is 328 g/mol. The first-order valence-corrected chi connectivity index (χ1v) is 7.57. The van der Waals surface area contributed by atoms with Gasteiger partial charge in [-0.1, -0.05) is 47.5 Å². The third kappa shape index (κ3) is 3.07. The number of amides is 4. The monoisotopic (exact) mass is 340 g/mol. The number of benzene rings is 2. The van der Waals surface area contributed by atoms with E-state index < -0.39 is 17.8 Å². The lowest BCUT2D eigenvalue weighted by molar-refractivity contribution is -0.122. The molecule has 120 valence electrons. The molecule has 4 amide bonds. The fourth-order valence-corrected chi connectivity index (χ4v) is 2.52. The van der Waals surface area contributed by atoms with Crippen LogP contribution in [-0.2, 0) is 9.59 Å². The van der Waals surface area contributed by atoms with Crippen LogP contribution in [0.15, 0.2) is 54.1 Å². The van der Waals surface area contributed by atoms with E-state index in [4.69, 9.17) is 11.6 Å². The van der Waals surface area contributed by atoms with E-state index in [1.807, 2.05) is 19.1 Å². The highest BCUT2D eigenvalue weighted by Gasteiger charge is 2.36. The van der Waals surface area contributed by atoms with Gasteiger partial charge in [-0.2, -0.15) is 0 Å². The standard InChI is InChI=1S/C18H13ClN2O3/c1-11-5-7-12(8-6-11)9-15-16(22)20-18(24)21(17(15)23)14-4-2-3-13(19)10-14/h2-10H,1H3,(H,20,22,24)/b15-9+. The fraction of sp³-hybridized carbons (Fsp3) is 0.0556. The number of nitrogens with zero attached hydrogens (tertiary/aromatic N) is 1. The average molecular weight is 341 g/mol. The lowest BCUT2D eigenvalue weighted by atomic mass is 10.1. The van der Waals surface area contributed by atoms with Gasteiger partial charge in [0.05, 0.1) is 5.69 Å². The van der Waals surface area contributed by atoms with Crippen molar-refractivity contribution < 1.29 is 14.4 Å². The number of barbiturate groups is 1. The zero-order valence-corrected chi connectivity index (χ0v) is 13.5. The van der Waals surface area contributed by atoms with Gasteiger partial charge in [0.15, 0.2) is 0 Å². The van der Waals surface area contributed by atoms with Crippen molar-refractivity contribution >= 4 is 41.2 Å². The Labute approximate surface area is 143 Å². The zero-order valence-electron chi connectivity index (χ0n) is 12.7. The predicted octanol–water partition coefficient (Wildman–Crippen LogP) is 3.31. The van der Waals surface area contributed by atoms with E-state index in [1.54, 1.807) is 30.3 Å². The molecule has 1 N–H and O–H groups in total. The van der Waals surface area contributed by atoms with Gasteiger partial charge in [0, 0.05) is 5.02 Å². The maximum atomic E-state index is 12.7. The molecule has 0 aliphatic carbocycles. The van der Waals surface area contributed by atoms with Crippen molar-refractivity contribution in [3.05, 3.63) is 70.3 Å². The van der Waals surface area contributed by atoms with Gasteiger partial charge in [-0.25, -0.2) is 9.69 Å². The highest BCUT2D eigenvalue weighted by molar-refractivity contribution is 6.39. The van der Waals surface area contributed by atoms with Gasteiger partial charge in [0.1, 0.15) is 5.57 Å². The number of nitrogens with one attached hydrogen (secondary N) is 1. The first-order chi connectivity index (χ1) is 11.5. The molecule has 5 nitrogen and oxygen atoms in total. The number of hydrogen-bond donors (Lipinski definition) is 1. The molecule has 1 fully saturated rings. The normalized spacial score (nSPS) is 16.5. The number of carbonyl (C=O) groups excluding carboxylic acids is 3. The lowest BCUT2D eigenvalue weighted by Crippen LogP contribution is -2.54. The number of urea groups is 1. The molecule has 0 radical (unpaired) electrons. The summed E-state index contributed by atoms with van der Waals surface area (Å²) in [5, 5.41) is 2.56. The Morgan fingerprint density at radius 2 is 1.75 bits per heavy atom. The summed E-state index contributed by atoms with van der Waals surface area (Å²) in [7, 11) is 0. The number of anilines is 1. The summed E-state index contributed by atoms with van der Waals surface area (Å²) in [5.41, 5.74) is 1.94. The number of rotatable bonds is 2. The van der Waals surface area contributed by atoms with Crippen molar-refractivity contribution in [2.75, 3.05) is 4.90 Å². The third-order valence-corrected chi connectivity index (χ3v) is 3.79. The van der Waals surface area contributed by atoms with Crippen molar-refractivity contribution in [3.8, 4) is 0 Å². The van der Waals surface area contributed by atoms with Gasteiger partial charge >= 0.3 is 6.03 Å². The highest BCUT2D eigenvalue weighted by Crippen LogP contribution is 2.24. The Kier molecular flexibility index (Phi) is 4.18. The number of hydrogen-bond acceptors (Lipinski definition) is 3. The van der Waals surface area contributed by atoms with Crippen molar-refractivity contribution in [3.63, 3.8) is 0 Å². The van der Waals surface area contributed by atoms with E-state index in [2.05, 4.69) is 5.32 Å². The molecule has 0 saturated carbocycles. The second kappa shape index (κ2) is 6.29. The number of aryl methyl sites for hydroxylation is 1. The van der Waals surface area contributed by atoms with Crippen LogP contribution in [0.4, 0.5) is 10.5 Å². The molecule has 0 bridgehead atoms. The topological polar surface area (TPSA) is 66.5 Å². The Hall–Kier alpha value is -2.92. The number of carbonyl (C=O) groups is 3. The molecular formula is C18H13ClN2O3. The van der Waals surface area contributed by atoms with E-state index >= 15 is 0 Å². The van der Waals surface area contributed by atoms with Crippen molar-refractivity contribution in [2.45, 2.75) is 6.92 Å². The maximum Gasteiger partial charge on any atom is 0.335 e. The molecule has 1 aliphatic rings. The highest BCUT2D eigenvalue weighted by atomic mass is 35.5. The molecule has 0 spiro atoms. The van der Waals surface area contributed by atoms with Gasteiger partial charge in [0.25, 0.3) is 11.8 Å². The molecule has 3 rings (SSSR count). The maximum absolute atomic E-state index is 12.7. The van der Waals surface area contributed by atoms with Crippen LogP contribution in [0, 0.1) is 6.92 Å². The molecule has 2 aromatic rings. The second-order valence-electron chi connectivity index (χ2n) is 5.35. The Morgan fingerprint density at radius 1 is 1.04 bits per heavy atom. The minimum absolute atomic E-state index is 0.113. The Balaban J connectivity index is 2.01. The van der Waals surface area contributed by atoms with Gasteiger partial charge in [-0.3, -0.25) is 14.9 Å². The summed E-state index contributed by atoms with van der Waals surface area (Å²) in [4.78, 5) is 37.7. The van der Waals surface area contributed by atoms with E-state index in [9.17, 15) is 14.4 Å². The van der Waals surface area contributed by atoms with Gasteiger partial charge in [-0.15, -0.1) is 0 Å². The fourth-order valence-electron chi connectivity index (χ4n) is 2.34. The van der Waals surface area contributed by atoms with E-state index in [0.29, 0.717) is 16.3 Å². The first kappa shape index (κ1) is 16.0. The first-order valence-electron chi connectivity index (χ1n) is 7.19. The Bertz CT molecular complexity index is 872. The van der Waals surface area contributed by atoms with Crippen molar-refractivity contribution in [1.29, 1.82) is 0 Å². The molecule has 1 aliphatic heterocycles. The van der Waals surface area contributed by atoms with Crippen molar-refractivity contribution in [2.24, 2.45) is 0 Å². The van der Waals surface area contributed by atoms with Crippen LogP contribution in [0.5, 0.6) is 0 Å². The average Bonchev–Trinajstić information content (AvgIpc) is 2.53. The molecule has 24 heavy (non-hydrogen) atoms. The van der Waals surface area contributed by atoms with Crippen LogP contribution < -0.4 is 10.2 Å². The quantitative estimate of drug-likeness (QED) is 0.673. The summed E-state index contributed by atoms with van der Waals surface area (Å²) in [5.74, 6) is -1.41. The van der Waals surface area contributed by atoms with Gasteiger partial charge in [0.2, 0.25) is 0 Å². The summed E-state index contributed by atoms with van der Waals surface area (Å²) < 4.78 is 0. The minimum atomic E-state index is -0.798. The molecule has 1 heterocycles. The SMILES string of the molecule is Cc1ccc(/C=C2\C(=O)NC(=O)N(c3cccc(Cl)c3)C2=O)cc1. The molecule has 1 saturated heterocycles. The number of imide groups is 2. The van der Waals surface area contributed by atoms with Crippen LogP contribution in [0.2, 0.25) is 5.02 Å². The van der Waals surface area contributed by atoms with E-state index in [1.165, 1.54) is 12.1 Å². The van der Waals surface area contributed by atoms with Crippen LogP contribution in [-0.4, -0.2) is 17.8 Å². The second-order valence-corrected chi connectivity index (χ2v) is 5.78. The Morgan fingerprint density at radius 3 is 2.42 bits per heavy atom. The summed E-state index contributed by atoms with van der Waals surface area (Å²) in [6.45, 7) is 1.94. The van der Waals surface area contributed by atoms with Crippen molar-refractivity contribution in [1.82, 2.24) is 5.32 Å². The molecule has 2 aromatic carbocycles. The summed E-state index contributed by atoms with van der Waals surface area (Å²) in [6, 6.07) is 12.8. The number of halogens is 1. The van der Waals surface area contributed by atoms with E-state index in [0.717, 1.165) is 10.5 Å².